The van der Waals surface area contributed by atoms with Gasteiger partial charge in [0.15, 0.2) is 0 Å². The molecule has 2 rings (SSSR count). The average molecular weight is 296 g/mol. The molecule has 100 valence electrons. The molecule has 1 amide bonds. The molecule has 2 N–H and O–H groups in total. The van der Waals surface area contributed by atoms with Crippen molar-refractivity contribution in [1.29, 1.82) is 0 Å². The van der Waals surface area contributed by atoms with Crippen LogP contribution in [0.4, 0.5) is 5.69 Å². The van der Waals surface area contributed by atoms with Crippen LogP contribution in [-0.4, -0.2) is 17.4 Å². The van der Waals surface area contributed by atoms with E-state index in [0.717, 1.165) is 14.9 Å². The number of nitrogens with one attached hydrogen (secondary N) is 2. The summed E-state index contributed by atoms with van der Waals surface area (Å²) in [5.74, 6) is -0.162. The first-order valence-corrected chi connectivity index (χ1v) is 7.11. The lowest BCUT2D eigenvalue weighted by Crippen LogP contribution is -2.23. The van der Waals surface area contributed by atoms with E-state index in [1.807, 2.05) is 25.1 Å². The summed E-state index contributed by atoms with van der Waals surface area (Å²) in [7, 11) is 0. The molecule has 0 saturated heterocycles. The maximum atomic E-state index is 11.7. The molecule has 6 heteroatoms. The Hall–Kier alpha value is -1.59. The molecule has 0 aliphatic heterocycles. The molecule has 0 aromatic carbocycles. The fourth-order valence-electron chi connectivity index (χ4n) is 1.55. The van der Waals surface area contributed by atoms with Crippen LogP contribution in [0.5, 0.6) is 0 Å². The molecule has 2 heterocycles. The third-order valence-electron chi connectivity index (χ3n) is 2.43. The second kappa shape index (κ2) is 6.54. The third-order valence-corrected chi connectivity index (χ3v) is 3.66. The summed E-state index contributed by atoms with van der Waals surface area (Å²) in [6.07, 6.45) is 1.62. The van der Waals surface area contributed by atoms with Crippen molar-refractivity contribution in [2.45, 2.75) is 13.5 Å². The van der Waals surface area contributed by atoms with E-state index < -0.39 is 0 Å². The highest BCUT2D eigenvalue weighted by atomic mass is 35.5. The number of hydrogen-bond donors (Lipinski definition) is 2. The fraction of sp³-hybridized carbons (Fsp3) is 0.231. The fourth-order valence-corrected chi connectivity index (χ4v) is 2.58. The van der Waals surface area contributed by atoms with Crippen molar-refractivity contribution in [2.75, 3.05) is 11.9 Å². The largest absolute Gasteiger partial charge is 0.380 e. The molecular formula is C13H14ClN3OS. The van der Waals surface area contributed by atoms with Crippen LogP contribution in [0.2, 0.25) is 4.34 Å². The number of carbonyl (C=O) groups is 1. The van der Waals surface area contributed by atoms with Crippen molar-refractivity contribution < 1.29 is 4.79 Å². The zero-order valence-electron chi connectivity index (χ0n) is 10.4. The highest BCUT2D eigenvalue weighted by Crippen LogP contribution is 2.22. The van der Waals surface area contributed by atoms with Gasteiger partial charge in [-0.3, -0.25) is 9.78 Å². The maximum absolute atomic E-state index is 11.7. The Labute approximate surface area is 120 Å². The summed E-state index contributed by atoms with van der Waals surface area (Å²) in [5, 5.41) is 5.96. The van der Waals surface area contributed by atoms with Gasteiger partial charge in [-0.15, -0.1) is 11.3 Å². The number of thiophene rings is 1. The number of carbonyl (C=O) groups excluding carboxylic acids is 1. The lowest BCUT2D eigenvalue weighted by atomic mass is 10.3. The zero-order valence-corrected chi connectivity index (χ0v) is 12.0. The van der Waals surface area contributed by atoms with Crippen LogP contribution < -0.4 is 10.6 Å². The first-order valence-electron chi connectivity index (χ1n) is 5.91. The molecule has 19 heavy (non-hydrogen) atoms. The Morgan fingerprint density at radius 3 is 2.95 bits per heavy atom. The summed E-state index contributed by atoms with van der Waals surface area (Å²) in [5.41, 5.74) is 1.27. The first kappa shape index (κ1) is 13.8. The van der Waals surface area contributed by atoms with Crippen molar-refractivity contribution in [1.82, 2.24) is 10.3 Å². The standard InChI is InChI=1S/C13H14ClN3OS/c1-2-15-13(18)11-7-9(5-6-16-11)17-8-10-3-4-12(14)19-10/h3-7H,2,8H2,1H3,(H,15,18)(H,16,17). The summed E-state index contributed by atoms with van der Waals surface area (Å²) in [4.78, 5) is 16.8. The summed E-state index contributed by atoms with van der Waals surface area (Å²) < 4.78 is 0.773. The SMILES string of the molecule is CCNC(=O)c1cc(NCc2ccc(Cl)s2)ccn1. The maximum Gasteiger partial charge on any atom is 0.269 e. The van der Waals surface area contributed by atoms with E-state index in [1.54, 1.807) is 12.3 Å². The van der Waals surface area contributed by atoms with Crippen LogP contribution in [-0.2, 0) is 6.54 Å². The average Bonchev–Trinajstić information content (AvgIpc) is 2.83. The summed E-state index contributed by atoms with van der Waals surface area (Å²) >= 11 is 7.41. The van der Waals surface area contributed by atoms with Crippen LogP contribution in [0.3, 0.4) is 0 Å². The highest BCUT2D eigenvalue weighted by Gasteiger charge is 2.06. The van der Waals surface area contributed by atoms with Gasteiger partial charge in [0.05, 0.1) is 4.34 Å². The Morgan fingerprint density at radius 1 is 1.42 bits per heavy atom. The monoisotopic (exact) mass is 295 g/mol. The van der Waals surface area contributed by atoms with Gasteiger partial charge in [-0.2, -0.15) is 0 Å². The van der Waals surface area contributed by atoms with Gasteiger partial charge >= 0.3 is 0 Å². The molecule has 0 aliphatic rings. The van der Waals surface area contributed by atoms with Crippen molar-refractivity contribution in [3.63, 3.8) is 0 Å². The van der Waals surface area contributed by atoms with Gasteiger partial charge in [0, 0.05) is 29.9 Å². The quantitative estimate of drug-likeness (QED) is 0.891. The molecule has 0 saturated carbocycles. The van der Waals surface area contributed by atoms with E-state index in [1.165, 1.54) is 11.3 Å². The van der Waals surface area contributed by atoms with Crippen molar-refractivity contribution >= 4 is 34.5 Å². The van der Waals surface area contributed by atoms with Crippen LogP contribution >= 0.6 is 22.9 Å². The normalized spacial score (nSPS) is 10.2. The van der Waals surface area contributed by atoms with Gasteiger partial charge in [0.2, 0.25) is 0 Å². The highest BCUT2D eigenvalue weighted by molar-refractivity contribution is 7.16. The number of anilines is 1. The second-order valence-corrected chi connectivity index (χ2v) is 5.65. The number of pyridine rings is 1. The lowest BCUT2D eigenvalue weighted by molar-refractivity contribution is 0.0951. The van der Waals surface area contributed by atoms with Crippen LogP contribution in [0.1, 0.15) is 22.3 Å². The summed E-state index contributed by atoms with van der Waals surface area (Å²) in [6, 6.07) is 7.42. The molecule has 0 spiro atoms. The van der Waals surface area contributed by atoms with Crippen LogP contribution in [0.25, 0.3) is 0 Å². The van der Waals surface area contributed by atoms with Crippen LogP contribution in [0.15, 0.2) is 30.5 Å². The van der Waals surface area contributed by atoms with Gasteiger partial charge in [-0.05, 0) is 31.2 Å². The van der Waals surface area contributed by atoms with Crippen molar-refractivity contribution in [3.8, 4) is 0 Å². The van der Waals surface area contributed by atoms with Crippen molar-refractivity contribution in [3.05, 3.63) is 45.4 Å². The number of hydrogen-bond acceptors (Lipinski definition) is 4. The predicted molar refractivity (Wildman–Crippen MR) is 78.9 cm³/mol. The minimum Gasteiger partial charge on any atom is -0.380 e. The number of nitrogens with zero attached hydrogens (tertiary/aromatic N) is 1. The Balaban J connectivity index is 2.00. The number of amides is 1. The van der Waals surface area contributed by atoms with E-state index >= 15 is 0 Å². The molecule has 0 bridgehead atoms. The van der Waals surface area contributed by atoms with E-state index in [2.05, 4.69) is 15.6 Å². The number of halogens is 1. The van der Waals surface area contributed by atoms with Crippen molar-refractivity contribution in [2.24, 2.45) is 0 Å². The minimum atomic E-state index is -0.162. The van der Waals surface area contributed by atoms with Gasteiger partial charge in [-0.25, -0.2) is 0 Å². The lowest BCUT2D eigenvalue weighted by Gasteiger charge is -2.06. The topological polar surface area (TPSA) is 54.0 Å². The predicted octanol–water partition coefficient (Wildman–Crippen LogP) is 3.16. The molecule has 4 nitrogen and oxygen atoms in total. The molecule has 0 radical (unpaired) electrons. The van der Waals surface area contributed by atoms with Gasteiger partial charge in [-0.1, -0.05) is 11.6 Å². The minimum absolute atomic E-state index is 0.162. The smallest absolute Gasteiger partial charge is 0.269 e. The van der Waals surface area contributed by atoms with E-state index in [0.29, 0.717) is 18.8 Å². The van der Waals surface area contributed by atoms with Gasteiger partial charge in [0.1, 0.15) is 5.69 Å². The molecule has 0 aliphatic carbocycles. The van der Waals surface area contributed by atoms with Gasteiger partial charge in [0.25, 0.3) is 5.91 Å². The molecule has 0 fully saturated rings. The van der Waals surface area contributed by atoms with E-state index in [4.69, 9.17) is 11.6 Å². The van der Waals surface area contributed by atoms with E-state index in [9.17, 15) is 4.79 Å². The van der Waals surface area contributed by atoms with Gasteiger partial charge < -0.3 is 10.6 Å². The molecule has 0 unspecified atom stereocenters. The second-order valence-electron chi connectivity index (χ2n) is 3.85. The number of aromatic nitrogens is 1. The van der Waals surface area contributed by atoms with Crippen LogP contribution in [0, 0.1) is 0 Å². The Morgan fingerprint density at radius 2 is 2.26 bits per heavy atom. The molecular weight excluding hydrogens is 282 g/mol. The molecule has 2 aromatic rings. The zero-order chi connectivity index (χ0) is 13.7. The molecule has 0 atom stereocenters. The third kappa shape index (κ3) is 3.94. The Kier molecular flexibility index (Phi) is 4.76. The Bertz CT molecular complexity index is 571. The molecule has 2 aromatic heterocycles. The number of rotatable bonds is 5. The van der Waals surface area contributed by atoms with E-state index in [-0.39, 0.29) is 5.91 Å². The summed E-state index contributed by atoms with van der Waals surface area (Å²) in [6.45, 7) is 3.14. The first-order chi connectivity index (χ1) is 9.19.